The molecule has 1 saturated heterocycles. The van der Waals surface area contributed by atoms with Crippen molar-refractivity contribution in [1.82, 2.24) is 5.32 Å². The van der Waals surface area contributed by atoms with E-state index in [0.29, 0.717) is 55.3 Å². The van der Waals surface area contributed by atoms with Crippen LogP contribution in [-0.4, -0.2) is 47.2 Å². The molecule has 0 unspecified atom stereocenters. The summed E-state index contributed by atoms with van der Waals surface area (Å²) in [6.45, 7) is 7.66. The molecule has 8 nitrogen and oxygen atoms in total. The standard InChI is InChI=1S/C22H34N4O4/c1-4-23-18-14-19(25-11-9-22(3,28)10-12-25)17(13-20(18)26(29)30)21(27)24-16-7-5-15(2)6-8-16/h13-16,23,28H,4-12H2,1-3H3,(H,24,27). The summed E-state index contributed by atoms with van der Waals surface area (Å²) < 4.78 is 0. The third-order valence-electron chi connectivity index (χ3n) is 6.45. The number of carbonyl (C=O) groups is 1. The molecule has 1 heterocycles. The Morgan fingerprint density at radius 3 is 2.47 bits per heavy atom. The molecule has 1 aliphatic heterocycles. The molecule has 166 valence electrons. The number of benzene rings is 1. The number of carbonyl (C=O) groups excluding carboxylic acids is 1. The number of piperidine rings is 1. The third-order valence-corrected chi connectivity index (χ3v) is 6.45. The van der Waals surface area contributed by atoms with Gasteiger partial charge in [-0.15, -0.1) is 0 Å². The lowest BCUT2D eigenvalue weighted by molar-refractivity contribution is -0.384. The van der Waals surface area contributed by atoms with Crippen LogP contribution in [0.4, 0.5) is 17.1 Å². The van der Waals surface area contributed by atoms with Crippen LogP contribution in [0, 0.1) is 16.0 Å². The van der Waals surface area contributed by atoms with Crippen molar-refractivity contribution in [1.29, 1.82) is 0 Å². The average Bonchev–Trinajstić information content (AvgIpc) is 2.69. The fourth-order valence-electron chi connectivity index (χ4n) is 4.40. The lowest BCUT2D eigenvalue weighted by Crippen LogP contribution is -2.44. The van der Waals surface area contributed by atoms with Gasteiger partial charge in [-0.05, 0) is 64.4 Å². The Hall–Kier alpha value is -2.35. The minimum absolute atomic E-state index is 0.0907. The van der Waals surface area contributed by atoms with Gasteiger partial charge >= 0.3 is 0 Å². The smallest absolute Gasteiger partial charge is 0.293 e. The molecule has 1 saturated carbocycles. The highest BCUT2D eigenvalue weighted by Gasteiger charge is 2.32. The van der Waals surface area contributed by atoms with E-state index in [1.807, 2.05) is 13.8 Å². The maximum atomic E-state index is 13.2. The molecule has 0 aromatic heterocycles. The number of nitrogens with one attached hydrogen (secondary N) is 2. The zero-order chi connectivity index (χ0) is 21.9. The van der Waals surface area contributed by atoms with Gasteiger partial charge in [0, 0.05) is 31.7 Å². The molecule has 1 aromatic rings. The summed E-state index contributed by atoms with van der Waals surface area (Å²) in [5, 5.41) is 28.1. The van der Waals surface area contributed by atoms with Gasteiger partial charge in [-0.1, -0.05) is 6.92 Å². The molecule has 1 aromatic carbocycles. The maximum absolute atomic E-state index is 13.2. The molecule has 2 aliphatic rings. The number of aliphatic hydroxyl groups is 1. The average molecular weight is 419 g/mol. The van der Waals surface area contributed by atoms with Gasteiger partial charge in [0.1, 0.15) is 5.69 Å². The van der Waals surface area contributed by atoms with E-state index in [1.165, 1.54) is 6.07 Å². The second kappa shape index (κ2) is 9.20. The van der Waals surface area contributed by atoms with Gasteiger partial charge in [0.05, 0.1) is 21.8 Å². The Morgan fingerprint density at radius 1 is 1.27 bits per heavy atom. The molecule has 8 heteroatoms. The van der Waals surface area contributed by atoms with E-state index in [4.69, 9.17) is 0 Å². The number of rotatable bonds is 6. The molecule has 0 radical (unpaired) electrons. The van der Waals surface area contributed by atoms with Crippen molar-refractivity contribution in [3.8, 4) is 0 Å². The summed E-state index contributed by atoms with van der Waals surface area (Å²) in [7, 11) is 0. The molecule has 0 atom stereocenters. The lowest BCUT2D eigenvalue weighted by Gasteiger charge is -2.38. The van der Waals surface area contributed by atoms with Crippen molar-refractivity contribution >= 4 is 23.0 Å². The minimum Gasteiger partial charge on any atom is -0.390 e. The van der Waals surface area contributed by atoms with Gasteiger partial charge in [-0.2, -0.15) is 0 Å². The predicted octanol–water partition coefficient (Wildman–Crippen LogP) is 3.69. The highest BCUT2D eigenvalue weighted by molar-refractivity contribution is 6.02. The third kappa shape index (κ3) is 5.22. The van der Waals surface area contributed by atoms with E-state index < -0.39 is 10.5 Å². The molecule has 0 spiro atoms. The molecule has 2 fully saturated rings. The zero-order valence-electron chi connectivity index (χ0n) is 18.2. The summed E-state index contributed by atoms with van der Waals surface area (Å²) in [6, 6.07) is 3.23. The summed E-state index contributed by atoms with van der Waals surface area (Å²) >= 11 is 0. The Morgan fingerprint density at radius 2 is 1.90 bits per heavy atom. The van der Waals surface area contributed by atoms with Crippen LogP contribution in [0.2, 0.25) is 0 Å². The van der Waals surface area contributed by atoms with E-state index in [9.17, 15) is 20.0 Å². The van der Waals surface area contributed by atoms with Crippen molar-refractivity contribution in [2.45, 2.75) is 70.9 Å². The fourth-order valence-corrected chi connectivity index (χ4v) is 4.40. The van der Waals surface area contributed by atoms with Crippen LogP contribution in [0.3, 0.4) is 0 Å². The Labute approximate surface area is 178 Å². The maximum Gasteiger partial charge on any atom is 0.293 e. The molecule has 0 bridgehead atoms. The topological polar surface area (TPSA) is 108 Å². The van der Waals surface area contributed by atoms with Crippen molar-refractivity contribution < 1.29 is 14.8 Å². The number of hydrogen-bond acceptors (Lipinski definition) is 6. The number of anilines is 2. The number of nitro benzene ring substituents is 1. The van der Waals surface area contributed by atoms with Crippen molar-refractivity contribution in [3.63, 3.8) is 0 Å². The van der Waals surface area contributed by atoms with Gasteiger partial charge in [0.25, 0.3) is 11.6 Å². The van der Waals surface area contributed by atoms with Gasteiger partial charge in [0.2, 0.25) is 0 Å². The van der Waals surface area contributed by atoms with Crippen LogP contribution in [-0.2, 0) is 0 Å². The molecular weight excluding hydrogens is 384 g/mol. The van der Waals surface area contributed by atoms with Crippen LogP contribution in [0.5, 0.6) is 0 Å². The van der Waals surface area contributed by atoms with Crippen molar-refractivity contribution in [2.24, 2.45) is 5.92 Å². The predicted molar refractivity (Wildman–Crippen MR) is 118 cm³/mol. The van der Waals surface area contributed by atoms with Gasteiger partial charge in [0.15, 0.2) is 0 Å². The first-order valence-corrected chi connectivity index (χ1v) is 11.0. The van der Waals surface area contributed by atoms with Gasteiger partial charge in [-0.3, -0.25) is 14.9 Å². The molecule has 3 rings (SSSR count). The van der Waals surface area contributed by atoms with Crippen LogP contribution in [0.15, 0.2) is 12.1 Å². The zero-order valence-corrected chi connectivity index (χ0v) is 18.2. The second-order valence-corrected chi connectivity index (χ2v) is 9.09. The van der Waals surface area contributed by atoms with E-state index >= 15 is 0 Å². The minimum atomic E-state index is -0.719. The highest BCUT2D eigenvalue weighted by atomic mass is 16.6. The normalized spacial score (nSPS) is 23.7. The second-order valence-electron chi connectivity index (χ2n) is 9.09. The number of hydrogen-bond donors (Lipinski definition) is 3. The molecule has 1 amide bonds. The number of nitro groups is 1. The summed E-state index contributed by atoms with van der Waals surface area (Å²) in [5.41, 5.74) is 0.630. The van der Waals surface area contributed by atoms with E-state index in [-0.39, 0.29) is 17.6 Å². The van der Waals surface area contributed by atoms with E-state index in [2.05, 4.69) is 22.5 Å². The monoisotopic (exact) mass is 418 g/mol. The van der Waals surface area contributed by atoms with Crippen LogP contribution < -0.4 is 15.5 Å². The highest BCUT2D eigenvalue weighted by Crippen LogP contribution is 2.36. The van der Waals surface area contributed by atoms with E-state index in [0.717, 1.165) is 25.7 Å². The number of amides is 1. The number of nitrogens with zero attached hydrogens (tertiary/aromatic N) is 2. The molecule has 30 heavy (non-hydrogen) atoms. The molecular formula is C22H34N4O4. The van der Waals surface area contributed by atoms with Crippen molar-refractivity contribution in [2.75, 3.05) is 29.9 Å². The quantitative estimate of drug-likeness (QED) is 0.480. The largest absolute Gasteiger partial charge is 0.390 e. The van der Waals surface area contributed by atoms with Crippen LogP contribution in [0.25, 0.3) is 0 Å². The summed E-state index contributed by atoms with van der Waals surface area (Å²) in [6.07, 6.45) is 5.21. The van der Waals surface area contributed by atoms with Crippen molar-refractivity contribution in [3.05, 3.63) is 27.8 Å². The van der Waals surface area contributed by atoms with Crippen LogP contribution >= 0.6 is 0 Å². The Kier molecular flexibility index (Phi) is 6.85. The SMILES string of the molecule is CCNc1cc(N2CCC(C)(O)CC2)c(C(=O)NC2CCC(C)CC2)cc1[N+](=O)[O-]. The van der Waals surface area contributed by atoms with Gasteiger partial charge < -0.3 is 20.6 Å². The summed E-state index contributed by atoms with van der Waals surface area (Å²) in [4.78, 5) is 26.5. The molecule has 1 aliphatic carbocycles. The molecule has 3 N–H and O–H groups in total. The van der Waals surface area contributed by atoms with Crippen LogP contribution in [0.1, 0.15) is 69.7 Å². The van der Waals surface area contributed by atoms with E-state index in [1.54, 1.807) is 6.07 Å². The first-order valence-electron chi connectivity index (χ1n) is 11.0. The fraction of sp³-hybridized carbons (Fsp3) is 0.682. The van der Waals surface area contributed by atoms with Gasteiger partial charge in [-0.25, -0.2) is 0 Å². The summed E-state index contributed by atoms with van der Waals surface area (Å²) in [5.74, 6) is 0.420. The Balaban J connectivity index is 1.92. The first kappa shape index (κ1) is 22.3. The first-order chi connectivity index (χ1) is 14.2. The lowest BCUT2D eigenvalue weighted by atomic mass is 9.87. The Bertz CT molecular complexity index is 778.